The van der Waals surface area contributed by atoms with E-state index in [4.69, 9.17) is 4.98 Å². The van der Waals surface area contributed by atoms with E-state index in [1.165, 1.54) is 11.1 Å². The standard InChI is InChI=1S/C18H23N3/c1-11(2)13-6-7-15-16(8-13)20-18(19-15)17-9-14(12(3)4)10-21(17)5/h6-12H,1-5H3,(H,19,20). The molecule has 3 rings (SSSR count). The summed E-state index contributed by atoms with van der Waals surface area (Å²) in [6, 6.07) is 8.72. The van der Waals surface area contributed by atoms with Gasteiger partial charge in [0.1, 0.15) is 0 Å². The van der Waals surface area contributed by atoms with E-state index in [1.807, 2.05) is 0 Å². The maximum absolute atomic E-state index is 4.74. The van der Waals surface area contributed by atoms with Crippen LogP contribution in [-0.2, 0) is 7.05 Å². The smallest absolute Gasteiger partial charge is 0.155 e. The van der Waals surface area contributed by atoms with Crippen molar-refractivity contribution in [3.63, 3.8) is 0 Å². The number of nitrogens with one attached hydrogen (secondary N) is 1. The average molecular weight is 281 g/mol. The lowest BCUT2D eigenvalue weighted by Gasteiger charge is -2.03. The summed E-state index contributed by atoms with van der Waals surface area (Å²) in [5.41, 5.74) is 5.97. The number of nitrogens with zero attached hydrogens (tertiary/aromatic N) is 2. The van der Waals surface area contributed by atoms with Crippen LogP contribution in [0, 0.1) is 0 Å². The van der Waals surface area contributed by atoms with Gasteiger partial charge in [0.2, 0.25) is 0 Å². The summed E-state index contributed by atoms with van der Waals surface area (Å²) in [6.07, 6.45) is 2.19. The first-order chi connectivity index (χ1) is 9.95. The molecular formula is C18H23N3. The molecule has 3 aromatic rings. The van der Waals surface area contributed by atoms with Crippen LogP contribution in [0.1, 0.15) is 50.7 Å². The van der Waals surface area contributed by atoms with Crippen molar-refractivity contribution in [3.8, 4) is 11.5 Å². The molecule has 0 radical (unpaired) electrons. The molecule has 110 valence electrons. The zero-order chi connectivity index (χ0) is 15.1. The van der Waals surface area contributed by atoms with Crippen LogP contribution in [-0.4, -0.2) is 14.5 Å². The largest absolute Gasteiger partial charge is 0.348 e. The van der Waals surface area contributed by atoms with Gasteiger partial charge in [-0.05, 0) is 41.2 Å². The molecular weight excluding hydrogens is 258 g/mol. The highest BCUT2D eigenvalue weighted by Crippen LogP contribution is 2.27. The van der Waals surface area contributed by atoms with E-state index >= 15 is 0 Å². The summed E-state index contributed by atoms with van der Waals surface area (Å²) in [7, 11) is 2.08. The van der Waals surface area contributed by atoms with Crippen LogP contribution in [0.25, 0.3) is 22.6 Å². The summed E-state index contributed by atoms with van der Waals surface area (Å²) in [4.78, 5) is 8.21. The molecule has 1 N–H and O–H groups in total. The topological polar surface area (TPSA) is 33.6 Å². The minimum absolute atomic E-state index is 0.530. The molecule has 0 bridgehead atoms. The third-order valence-electron chi connectivity index (χ3n) is 4.11. The molecule has 0 aliphatic heterocycles. The van der Waals surface area contributed by atoms with Crippen LogP contribution >= 0.6 is 0 Å². The van der Waals surface area contributed by atoms with Crippen molar-refractivity contribution < 1.29 is 0 Å². The lowest BCUT2D eigenvalue weighted by molar-refractivity contribution is 0.850. The summed E-state index contributed by atoms with van der Waals surface area (Å²) in [5.74, 6) is 2.01. The van der Waals surface area contributed by atoms with Crippen LogP contribution in [0.4, 0.5) is 0 Å². The van der Waals surface area contributed by atoms with Gasteiger partial charge in [-0.25, -0.2) is 4.98 Å². The Kier molecular flexibility index (Phi) is 3.36. The van der Waals surface area contributed by atoms with Gasteiger partial charge in [-0.1, -0.05) is 33.8 Å². The van der Waals surface area contributed by atoms with Crippen molar-refractivity contribution >= 4 is 11.0 Å². The number of hydrogen-bond acceptors (Lipinski definition) is 1. The lowest BCUT2D eigenvalue weighted by Crippen LogP contribution is -1.90. The van der Waals surface area contributed by atoms with E-state index in [0.29, 0.717) is 11.8 Å². The van der Waals surface area contributed by atoms with Gasteiger partial charge in [0.15, 0.2) is 5.82 Å². The minimum atomic E-state index is 0.530. The first-order valence-electron chi connectivity index (χ1n) is 7.62. The second-order valence-electron chi connectivity index (χ2n) is 6.44. The fraction of sp³-hybridized carbons (Fsp3) is 0.389. The van der Waals surface area contributed by atoms with E-state index in [-0.39, 0.29) is 0 Å². The van der Waals surface area contributed by atoms with Crippen LogP contribution < -0.4 is 0 Å². The second kappa shape index (κ2) is 5.06. The Labute approximate surface area is 126 Å². The summed E-state index contributed by atoms with van der Waals surface area (Å²) >= 11 is 0. The zero-order valence-electron chi connectivity index (χ0n) is 13.4. The Balaban J connectivity index is 2.08. The van der Waals surface area contributed by atoms with Crippen molar-refractivity contribution in [2.75, 3.05) is 0 Å². The van der Waals surface area contributed by atoms with E-state index in [9.17, 15) is 0 Å². The molecule has 0 saturated heterocycles. The second-order valence-corrected chi connectivity index (χ2v) is 6.44. The molecule has 21 heavy (non-hydrogen) atoms. The highest BCUT2D eigenvalue weighted by Gasteiger charge is 2.12. The number of hydrogen-bond donors (Lipinski definition) is 1. The summed E-state index contributed by atoms with van der Waals surface area (Å²) in [6.45, 7) is 8.86. The van der Waals surface area contributed by atoms with Crippen LogP contribution in [0.15, 0.2) is 30.5 Å². The monoisotopic (exact) mass is 281 g/mol. The SMILES string of the molecule is CC(C)c1ccc2nc(-c3cc(C(C)C)cn3C)[nH]c2c1. The number of imidazole rings is 1. The van der Waals surface area contributed by atoms with Gasteiger partial charge in [0.05, 0.1) is 16.7 Å². The molecule has 2 aromatic heterocycles. The van der Waals surface area contributed by atoms with Gasteiger partial charge in [-0.3, -0.25) is 0 Å². The molecule has 0 unspecified atom stereocenters. The maximum Gasteiger partial charge on any atom is 0.155 e. The minimum Gasteiger partial charge on any atom is -0.348 e. The Morgan fingerprint density at radius 2 is 1.71 bits per heavy atom. The molecule has 0 amide bonds. The number of benzene rings is 1. The van der Waals surface area contributed by atoms with Crippen molar-refractivity contribution in [2.24, 2.45) is 7.05 Å². The lowest BCUT2D eigenvalue weighted by atomic mass is 10.0. The van der Waals surface area contributed by atoms with Crippen molar-refractivity contribution in [1.29, 1.82) is 0 Å². The van der Waals surface area contributed by atoms with Crippen molar-refractivity contribution in [2.45, 2.75) is 39.5 Å². The van der Waals surface area contributed by atoms with Gasteiger partial charge in [-0.2, -0.15) is 0 Å². The van der Waals surface area contributed by atoms with Crippen LogP contribution in [0.5, 0.6) is 0 Å². The molecule has 2 heterocycles. The zero-order valence-corrected chi connectivity index (χ0v) is 13.4. The predicted molar refractivity (Wildman–Crippen MR) is 88.7 cm³/mol. The Morgan fingerprint density at radius 3 is 2.33 bits per heavy atom. The summed E-state index contributed by atoms with van der Waals surface area (Å²) in [5, 5.41) is 0. The van der Waals surface area contributed by atoms with E-state index in [0.717, 1.165) is 22.6 Å². The number of fused-ring (bicyclic) bond motifs is 1. The molecule has 1 aromatic carbocycles. The molecule has 3 nitrogen and oxygen atoms in total. The highest BCUT2D eigenvalue weighted by molar-refractivity contribution is 5.79. The molecule has 0 aliphatic rings. The quantitative estimate of drug-likeness (QED) is 0.734. The highest BCUT2D eigenvalue weighted by atomic mass is 15.0. The van der Waals surface area contributed by atoms with Crippen molar-refractivity contribution in [1.82, 2.24) is 14.5 Å². The number of aryl methyl sites for hydroxylation is 1. The Hall–Kier alpha value is -2.03. The van der Waals surface area contributed by atoms with Crippen LogP contribution in [0.3, 0.4) is 0 Å². The normalized spacial score (nSPS) is 12.0. The third-order valence-corrected chi connectivity index (χ3v) is 4.11. The van der Waals surface area contributed by atoms with E-state index in [2.05, 4.69) is 74.8 Å². The average Bonchev–Trinajstić information content (AvgIpc) is 3.00. The Morgan fingerprint density at radius 1 is 1.00 bits per heavy atom. The Bertz CT molecular complexity index is 775. The number of aromatic nitrogens is 3. The molecule has 0 spiro atoms. The maximum atomic E-state index is 4.74. The molecule has 0 atom stereocenters. The van der Waals surface area contributed by atoms with E-state index in [1.54, 1.807) is 0 Å². The van der Waals surface area contributed by atoms with Gasteiger partial charge in [-0.15, -0.1) is 0 Å². The van der Waals surface area contributed by atoms with Crippen molar-refractivity contribution in [3.05, 3.63) is 41.6 Å². The number of rotatable bonds is 3. The van der Waals surface area contributed by atoms with Gasteiger partial charge in [0.25, 0.3) is 0 Å². The first kappa shape index (κ1) is 13.9. The molecule has 3 heteroatoms. The number of H-pyrrole nitrogens is 1. The van der Waals surface area contributed by atoms with Crippen LogP contribution in [0.2, 0.25) is 0 Å². The fourth-order valence-corrected chi connectivity index (χ4v) is 2.65. The number of aromatic amines is 1. The van der Waals surface area contributed by atoms with E-state index < -0.39 is 0 Å². The van der Waals surface area contributed by atoms with Gasteiger partial charge in [0, 0.05) is 13.2 Å². The van der Waals surface area contributed by atoms with Gasteiger partial charge >= 0.3 is 0 Å². The predicted octanol–water partition coefficient (Wildman–Crippen LogP) is 4.82. The first-order valence-corrected chi connectivity index (χ1v) is 7.62. The molecule has 0 saturated carbocycles. The van der Waals surface area contributed by atoms with Gasteiger partial charge < -0.3 is 9.55 Å². The molecule has 0 aliphatic carbocycles. The fourth-order valence-electron chi connectivity index (χ4n) is 2.65. The molecule has 0 fully saturated rings. The third kappa shape index (κ3) is 2.48. The summed E-state index contributed by atoms with van der Waals surface area (Å²) < 4.78 is 2.15.